The van der Waals surface area contributed by atoms with E-state index in [1.54, 1.807) is 0 Å². The van der Waals surface area contributed by atoms with Gasteiger partial charge in [-0.2, -0.15) is 0 Å². The molecule has 0 atom stereocenters. The molecule has 1 aromatic heterocycles. The van der Waals surface area contributed by atoms with Crippen LogP contribution in [0.3, 0.4) is 0 Å². The van der Waals surface area contributed by atoms with Crippen molar-refractivity contribution in [3.05, 3.63) is 21.2 Å². The Labute approximate surface area is 69.2 Å². The minimum absolute atomic E-state index is 0.0433. The Hall–Kier alpha value is -0.0900. The van der Waals surface area contributed by atoms with Gasteiger partial charge in [-0.25, -0.2) is 4.98 Å². The average Bonchev–Trinajstić information content (AvgIpc) is 1.80. The lowest BCUT2D eigenvalue weighted by molar-refractivity contribution is 0.449. The number of halogens is 2. The largest absolute Gasteiger partial charge is 0.492 e. The molecule has 0 fully saturated rings. The average molecular weight is 252 g/mol. The van der Waals surface area contributed by atoms with Crippen molar-refractivity contribution in [2.45, 2.75) is 0 Å². The van der Waals surface area contributed by atoms with Gasteiger partial charge in [-0.1, -0.05) is 0 Å². The molecular weight excluding hydrogens is 250 g/mol. The van der Waals surface area contributed by atoms with Gasteiger partial charge in [0.15, 0.2) is 0 Å². The van der Waals surface area contributed by atoms with Crippen LogP contribution in [0.1, 0.15) is 0 Å². The van der Waals surface area contributed by atoms with Gasteiger partial charge in [0.05, 0.1) is 4.47 Å². The Balaban J connectivity index is 3.17. The van der Waals surface area contributed by atoms with Crippen LogP contribution >= 0.6 is 31.9 Å². The molecule has 0 aliphatic heterocycles. The normalized spacial score (nSPS) is 9.56. The number of hydrogen-bond donors (Lipinski definition) is 1. The maximum absolute atomic E-state index is 8.83. The molecule has 0 amide bonds. The van der Waals surface area contributed by atoms with Gasteiger partial charge in [0.2, 0.25) is 5.88 Å². The highest BCUT2D eigenvalue weighted by molar-refractivity contribution is 9.11. The molecule has 1 aromatic rings. The van der Waals surface area contributed by atoms with Crippen LogP contribution in [0, 0.1) is 6.07 Å². The monoisotopic (exact) mass is 250 g/mol. The molecule has 9 heavy (non-hydrogen) atoms. The van der Waals surface area contributed by atoms with E-state index < -0.39 is 0 Å². The maximum atomic E-state index is 8.83. The zero-order chi connectivity index (χ0) is 6.85. The summed E-state index contributed by atoms with van der Waals surface area (Å²) in [5, 5.41) is 8.83. The van der Waals surface area contributed by atoms with E-state index in [0.29, 0.717) is 8.95 Å². The second kappa shape index (κ2) is 2.66. The molecule has 0 spiro atoms. The van der Waals surface area contributed by atoms with Crippen LogP contribution in [0.5, 0.6) is 5.88 Å². The van der Waals surface area contributed by atoms with Gasteiger partial charge in [-0.05, 0) is 31.9 Å². The summed E-state index contributed by atoms with van der Waals surface area (Å²) >= 11 is 6.19. The summed E-state index contributed by atoms with van der Waals surface area (Å²) < 4.78 is 1.18. The van der Waals surface area contributed by atoms with Crippen molar-refractivity contribution in [1.29, 1.82) is 0 Å². The van der Waals surface area contributed by atoms with Gasteiger partial charge >= 0.3 is 0 Å². The molecule has 1 heterocycles. The quantitative estimate of drug-likeness (QED) is 0.766. The van der Waals surface area contributed by atoms with E-state index >= 15 is 0 Å². The van der Waals surface area contributed by atoms with Crippen LogP contribution in [0.15, 0.2) is 15.1 Å². The number of rotatable bonds is 0. The SMILES string of the molecule is Oc1ncc(Br)[c]c1Br. The predicted octanol–water partition coefficient (Wildman–Crippen LogP) is 2.11. The Morgan fingerprint density at radius 1 is 1.56 bits per heavy atom. The van der Waals surface area contributed by atoms with Crippen LogP contribution in [-0.4, -0.2) is 10.1 Å². The fraction of sp³-hybridized carbons (Fsp3) is 0. The van der Waals surface area contributed by atoms with Crippen molar-refractivity contribution in [3.63, 3.8) is 0 Å². The third-order valence-electron chi connectivity index (χ3n) is 0.726. The molecule has 1 radical (unpaired) electrons. The zero-order valence-corrected chi connectivity index (χ0v) is 7.40. The molecule has 0 aliphatic carbocycles. The molecular formula is C5H2Br2NO. The van der Waals surface area contributed by atoms with Crippen LogP contribution < -0.4 is 0 Å². The van der Waals surface area contributed by atoms with Crippen molar-refractivity contribution in [2.24, 2.45) is 0 Å². The van der Waals surface area contributed by atoms with E-state index in [1.165, 1.54) is 6.20 Å². The number of pyridine rings is 1. The minimum Gasteiger partial charge on any atom is -0.492 e. The Morgan fingerprint density at radius 3 is 2.67 bits per heavy atom. The Kier molecular flexibility index (Phi) is 2.08. The number of aromatic hydroxyl groups is 1. The van der Waals surface area contributed by atoms with Gasteiger partial charge in [0, 0.05) is 16.7 Å². The molecule has 0 unspecified atom stereocenters. The number of nitrogens with zero attached hydrogens (tertiary/aromatic N) is 1. The first kappa shape index (κ1) is 7.02. The molecule has 2 nitrogen and oxygen atoms in total. The molecule has 4 heteroatoms. The second-order valence-corrected chi connectivity index (χ2v) is 3.02. The second-order valence-electron chi connectivity index (χ2n) is 1.37. The lowest BCUT2D eigenvalue weighted by Crippen LogP contribution is -1.75. The lowest BCUT2D eigenvalue weighted by atomic mass is 10.5. The molecule has 0 bridgehead atoms. The summed E-state index contributed by atoms with van der Waals surface area (Å²) in [5.41, 5.74) is 0. The lowest BCUT2D eigenvalue weighted by Gasteiger charge is -1.92. The first-order chi connectivity index (χ1) is 4.20. The fourth-order valence-corrected chi connectivity index (χ4v) is 1.25. The first-order valence-electron chi connectivity index (χ1n) is 2.12. The molecule has 1 rings (SSSR count). The van der Waals surface area contributed by atoms with Crippen molar-refractivity contribution in [2.75, 3.05) is 0 Å². The van der Waals surface area contributed by atoms with Gasteiger partial charge in [0.1, 0.15) is 0 Å². The van der Waals surface area contributed by atoms with Crippen LogP contribution in [0.4, 0.5) is 0 Å². The molecule has 1 N–H and O–H groups in total. The van der Waals surface area contributed by atoms with E-state index in [9.17, 15) is 0 Å². The molecule has 0 aromatic carbocycles. The maximum Gasteiger partial charge on any atom is 0.226 e. The van der Waals surface area contributed by atoms with Crippen LogP contribution in [-0.2, 0) is 0 Å². The van der Waals surface area contributed by atoms with Crippen LogP contribution in [0.2, 0.25) is 0 Å². The van der Waals surface area contributed by atoms with E-state index in [-0.39, 0.29) is 5.88 Å². The third kappa shape index (κ3) is 1.66. The van der Waals surface area contributed by atoms with Crippen molar-refractivity contribution in [1.82, 2.24) is 4.98 Å². The van der Waals surface area contributed by atoms with E-state index in [4.69, 9.17) is 5.11 Å². The standard InChI is InChI=1S/C5H2Br2NO/c6-3-1-4(7)5(9)8-2-3/h2H,(H,8,9). The highest BCUT2D eigenvalue weighted by Crippen LogP contribution is 2.22. The van der Waals surface area contributed by atoms with Gasteiger partial charge in [-0.3, -0.25) is 0 Å². The van der Waals surface area contributed by atoms with E-state index in [1.807, 2.05) is 0 Å². The number of aromatic nitrogens is 1. The summed E-state index contributed by atoms with van der Waals surface area (Å²) in [6, 6.07) is 2.76. The van der Waals surface area contributed by atoms with Crippen molar-refractivity contribution >= 4 is 31.9 Å². The van der Waals surface area contributed by atoms with Gasteiger partial charge in [-0.15, -0.1) is 0 Å². The summed E-state index contributed by atoms with van der Waals surface area (Å²) in [4.78, 5) is 3.61. The Bertz CT molecular complexity index is 226. The summed E-state index contributed by atoms with van der Waals surface area (Å²) in [6.07, 6.45) is 1.47. The minimum atomic E-state index is -0.0433. The van der Waals surface area contributed by atoms with Gasteiger partial charge < -0.3 is 5.11 Å². The van der Waals surface area contributed by atoms with Gasteiger partial charge in [0.25, 0.3) is 0 Å². The van der Waals surface area contributed by atoms with Crippen LogP contribution in [0.25, 0.3) is 0 Å². The highest BCUT2D eigenvalue weighted by atomic mass is 79.9. The molecule has 0 saturated heterocycles. The third-order valence-corrected chi connectivity index (χ3v) is 1.68. The summed E-state index contributed by atoms with van der Waals surface area (Å²) in [5.74, 6) is -0.0433. The molecule has 0 saturated carbocycles. The predicted molar refractivity (Wildman–Crippen MR) is 40.1 cm³/mol. The Morgan fingerprint density at radius 2 is 2.22 bits per heavy atom. The van der Waals surface area contributed by atoms with E-state index in [2.05, 4.69) is 42.9 Å². The highest BCUT2D eigenvalue weighted by Gasteiger charge is 1.97. The summed E-state index contributed by atoms with van der Waals surface area (Å²) in [6.45, 7) is 0. The van der Waals surface area contributed by atoms with Crippen molar-refractivity contribution in [3.8, 4) is 5.88 Å². The number of hydrogen-bond acceptors (Lipinski definition) is 2. The smallest absolute Gasteiger partial charge is 0.226 e. The topological polar surface area (TPSA) is 33.1 Å². The zero-order valence-electron chi connectivity index (χ0n) is 4.23. The molecule has 47 valence electrons. The van der Waals surface area contributed by atoms with Crippen molar-refractivity contribution < 1.29 is 5.11 Å². The van der Waals surface area contributed by atoms with E-state index in [0.717, 1.165) is 0 Å². The fourth-order valence-electron chi connectivity index (χ4n) is 0.368. The summed E-state index contributed by atoms with van der Waals surface area (Å²) in [7, 11) is 0. The first-order valence-corrected chi connectivity index (χ1v) is 3.71. The molecule has 0 aliphatic rings.